The van der Waals surface area contributed by atoms with Crippen molar-refractivity contribution < 1.29 is 23.5 Å². The molecular weight excluding hydrogens is 310 g/mol. The van der Waals surface area contributed by atoms with Gasteiger partial charge in [-0.3, -0.25) is 4.79 Å². The molecule has 2 N–H and O–H groups in total. The maximum absolute atomic E-state index is 12.5. The maximum atomic E-state index is 12.5. The van der Waals surface area contributed by atoms with Crippen LogP contribution in [0.25, 0.3) is 11.0 Å². The van der Waals surface area contributed by atoms with E-state index in [-0.39, 0.29) is 17.1 Å². The number of aryl methyl sites for hydroxylation is 1. The summed E-state index contributed by atoms with van der Waals surface area (Å²) in [5.41, 5.74) is 6.65. The average Bonchev–Trinajstić information content (AvgIpc) is 2.92. The fourth-order valence-corrected chi connectivity index (χ4v) is 2.43. The number of ether oxygens (including phenoxy) is 2. The highest BCUT2D eigenvalue weighted by molar-refractivity contribution is 6.00. The number of carbonyl (C=O) groups excluding carboxylic acids is 2. The van der Waals surface area contributed by atoms with E-state index in [1.807, 2.05) is 18.2 Å². The van der Waals surface area contributed by atoms with E-state index in [0.717, 1.165) is 5.39 Å². The lowest BCUT2D eigenvalue weighted by molar-refractivity contribution is 0.0700. The summed E-state index contributed by atoms with van der Waals surface area (Å²) in [7, 11) is 1.47. The first-order valence-corrected chi connectivity index (χ1v) is 7.19. The third-order valence-corrected chi connectivity index (χ3v) is 3.69. The van der Waals surface area contributed by atoms with Crippen LogP contribution >= 0.6 is 0 Å². The number of hydrogen-bond acceptors (Lipinski definition) is 5. The first-order valence-electron chi connectivity index (χ1n) is 7.19. The van der Waals surface area contributed by atoms with Crippen molar-refractivity contribution in [2.24, 2.45) is 5.73 Å². The van der Waals surface area contributed by atoms with Crippen LogP contribution in [0.3, 0.4) is 0 Å². The van der Waals surface area contributed by atoms with Crippen LogP contribution in [-0.2, 0) is 0 Å². The number of fused-ring (bicyclic) bond motifs is 1. The minimum atomic E-state index is -0.709. The average molecular weight is 325 g/mol. The first-order chi connectivity index (χ1) is 11.5. The number of benzene rings is 2. The Labute approximate surface area is 137 Å². The molecule has 0 atom stereocenters. The van der Waals surface area contributed by atoms with Gasteiger partial charge < -0.3 is 19.6 Å². The van der Waals surface area contributed by atoms with Crippen molar-refractivity contribution in [3.63, 3.8) is 0 Å². The van der Waals surface area contributed by atoms with Crippen LogP contribution in [0, 0.1) is 6.92 Å². The van der Waals surface area contributed by atoms with E-state index in [0.29, 0.717) is 16.9 Å². The van der Waals surface area contributed by atoms with Gasteiger partial charge >= 0.3 is 5.97 Å². The van der Waals surface area contributed by atoms with E-state index in [2.05, 4.69) is 0 Å². The summed E-state index contributed by atoms with van der Waals surface area (Å²) in [6.45, 7) is 1.77. The molecule has 6 heteroatoms. The molecule has 0 fully saturated rings. The summed E-state index contributed by atoms with van der Waals surface area (Å²) in [6.07, 6.45) is 0. The molecule has 1 aromatic heterocycles. The Morgan fingerprint density at radius 3 is 2.54 bits per heavy atom. The minimum absolute atomic E-state index is 0.0201. The molecule has 0 bridgehead atoms. The zero-order valence-corrected chi connectivity index (χ0v) is 13.2. The second kappa shape index (κ2) is 6.08. The first kappa shape index (κ1) is 15.6. The van der Waals surface area contributed by atoms with Gasteiger partial charge in [0.25, 0.3) is 5.91 Å². The standard InChI is InChI=1S/C18H15NO5/c1-10-12-5-3-4-6-14(12)23-16(10)18(21)24-15-9-11(22-2)7-8-13(15)17(19)20/h3-9H,1-2H3,(H2,19,20). The van der Waals surface area contributed by atoms with Crippen LogP contribution in [0.15, 0.2) is 46.9 Å². The van der Waals surface area contributed by atoms with E-state index in [1.54, 1.807) is 19.1 Å². The molecule has 2 aromatic carbocycles. The number of carbonyl (C=O) groups is 2. The van der Waals surface area contributed by atoms with E-state index in [9.17, 15) is 9.59 Å². The van der Waals surface area contributed by atoms with Gasteiger partial charge in [0.1, 0.15) is 17.1 Å². The van der Waals surface area contributed by atoms with Crippen molar-refractivity contribution in [1.29, 1.82) is 0 Å². The van der Waals surface area contributed by atoms with E-state index in [1.165, 1.54) is 19.2 Å². The molecule has 122 valence electrons. The third-order valence-electron chi connectivity index (χ3n) is 3.69. The normalized spacial score (nSPS) is 10.6. The Morgan fingerprint density at radius 2 is 1.88 bits per heavy atom. The molecule has 0 saturated heterocycles. The number of rotatable bonds is 4. The van der Waals surface area contributed by atoms with Gasteiger partial charge in [-0.25, -0.2) is 4.79 Å². The Balaban J connectivity index is 1.99. The van der Waals surface area contributed by atoms with Crippen molar-refractivity contribution in [2.45, 2.75) is 6.92 Å². The van der Waals surface area contributed by atoms with Crippen LogP contribution in [-0.4, -0.2) is 19.0 Å². The van der Waals surface area contributed by atoms with Crippen LogP contribution in [0.1, 0.15) is 26.5 Å². The van der Waals surface area contributed by atoms with Crippen molar-refractivity contribution >= 4 is 22.8 Å². The number of esters is 1. The zero-order chi connectivity index (χ0) is 17.3. The fourth-order valence-electron chi connectivity index (χ4n) is 2.43. The molecule has 0 aliphatic heterocycles. The van der Waals surface area contributed by atoms with Crippen LogP contribution < -0.4 is 15.2 Å². The second-order valence-corrected chi connectivity index (χ2v) is 5.17. The fraction of sp³-hybridized carbons (Fsp3) is 0.111. The molecule has 0 radical (unpaired) electrons. The summed E-state index contributed by atoms with van der Waals surface area (Å²) >= 11 is 0. The maximum Gasteiger partial charge on any atom is 0.379 e. The van der Waals surface area contributed by atoms with Gasteiger partial charge in [0, 0.05) is 17.0 Å². The molecule has 0 saturated carbocycles. The lowest BCUT2D eigenvalue weighted by Crippen LogP contribution is -2.16. The predicted molar refractivity (Wildman–Crippen MR) is 87.4 cm³/mol. The van der Waals surface area contributed by atoms with E-state index >= 15 is 0 Å². The van der Waals surface area contributed by atoms with Gasteiger partial charge in [-0.05, 0) is 25.1 Å². The quantitative estimate of drug-likeness (QED) is 0.588. The zero-order valence-electron chi connectivity index (χ0n) is 13.2. The summed E-state index contributed by atoms with van der Waals surface area (Å²) < 4.78 is 16.0. The predicted octanol–water partition coefficient (Wildman–Crippen LogP) is 3.07. The summed E-state index contributed by atoms with van der Waals surface area (Å²) in [6, 6.07) is 11.7. The Bertz CT molecular complexity index is 942. The molecule has 6 nitrogen and oxygen atoms in total. The van der Waals surface area contributed by atoms with Crippen LogP contribution in [0.5, 0.6) is 11.5 Å². The Kier molecular flexibility index (Phi) is 3.95. The third kappa shape index (κ3) is 2.69. The van der Waals surface area contributed by atoms with E-state index in [4.69, 9.17) is 19.6 Å². The van der Waals surface area contributed by atoms with Gasteiger partial charge in [-0.2, -0.15) is 0 Å². The highest BCUT2D eigenvalue weighted by Gasteiger charge is 2.22. The lowest BCUT2D eigenvalue weighted by atomic mass is 10.1. The SMILES string of the molecule is COc1ccc(C(N)=O)c(OC(=O)c2oc3ccccc3c2C)c1. The van der Waals surface area contributed by atoms with Gasteiger partial charge in [0.15, 0.2) is 0 Å². The van der Waals surface area contributed by atoms with Crippen molar-refractivity contribution in [1.82, 2.24) is 0 Å². The number of nitrogens with two attached hydrogens (primary N) is 1. The van der Waals surface area contributed by atoms with Crippen molar-refractivity contribution in [3.05, 3.63) is 59.4 Å². The molecule has 3 rings (SSSR count). The lowest BCUT2D eigenvalue weighted by Gasteiger charge is -2.09. The molecule has 0 aliphatic carbocycles. The van der Waals surface area contributed by atoms with Gasteiger partial charge in [-0.1, -0.05) is 18.2 Å². The molecule has 0 spiro atoms. The number of hydrogen-bond donors (Lipinski definition) is 1. The molecule has 0 unspecified atom stereocenters. The number of para-hydroxylation sites is 1. The topological polar surface area (TPSA) is 91.8 Å². The number of amides is 1. The minimum Gasteiger partial charge on any atom is -0.497 e. The van der Waals surface area contributed by atoms with Gasteiger partial charge in [0.2, 0.25) is 5.76 Å². The largest absolute Gasteiger partial charge is 0.497 e. The second-order valence-electron chi connectivity index (χ2n) is 5.17. The van der Waals surface area contributed by atoms with Crippen molar-refractivity contribution in [2.75, 3.05) is 7.11 Å². The molecule has 0 aliphatic rings. The molecule has 1 amide bonds. The summed E-state index contributed by atoms with van der Waals surface area (Å²) in [4.78, 5) is 24.0. The van der Waals surface area contributed by atoms with Crippen LogP contribution in [0.2, 0.25) is 0 Å². The molecule has 1 heterocycles. The number of primary amides is 1. The highest BCUT2D eigenvalue weighted by Crippen LogP contribution is 2.29. The smallest absolute Gasteiger partial charge is 0.379 e. The summed E-state index contributed by atoms with van der Waals surface area (Å²) in [5.74, 6) is -0.883. The molecular formula is C18H15NO5. The Hall–Kier alpha value is -3.28. The Morgan fingerprint density at radius 1 is 1.12 bits per heavy atom. The van der Waals surface area contributed by atoms with Gasteiger partial charge in [0.05, 0.1) is 12.7 Å². The van der Waals surface area contributed by atoms with Crippen LogP contribution in [0.4, 0.5) is 0 Å². The number of methoxy groups -OCH3 is 1. The van der Waals surface area contributed by atoms with Crippen molar-refractivity contribution in [3.8, 4) is 11.5 Å². The highest BCUT2D eigenvalue weighted by atomic mass is 16.5. The monoisotopic (exact) mass is 325 g/mol. The van der Waals surface area contributed by atoms with E-state index < -0.39 is 11.9 Å². The molecule has 3 aromatic rings. The molecule has 24 heavy (non-hydrogen) atoms. The summed E-state index contributed by atoms with van der Waals surface area (Å²) in [5, 5.41) is 0.824. The number of furan rings is 1. The van der Waals surface area contributed by atoms with Gasteiger partial charge in [-0.15, -0.1) is 0 Å².